The third-order valence-corrected chi connectivity index (χ3v) is 3.19. The van der Waals surface area contributed by atoms with Gasteiger partial charge in [-0.15, -0.1) is 0 Å². The second-order valence-electron chi connectivity index (χ2n) is 4.62. The zero-order valence-electron chi connectivity index (χ0n) is 11.5. The van der Waals surface area contributed by atoms with Crippen molar-refractivity contribution in [2.24, 2.45) is 0 Å². The molecule has 106 valence electrons. The van der Waals surface area contributed by atoms with E-state index in [2.05, 4.69) is 26.5 Å². The molecule has 3 heterocycles. The summed E-state index contributed by atoms with van der Waals surface area (Å²) in [6.45, 7) is 2.51. The molecule has 0 aliphatic rings. The Labute approximate surface area is 121 Å². The molecule has 0 spiro atoms. The van der Waals surface area contributed by atoms with Gasteiger partial charge in [-0.05, 0) is 19.1 Å². The number of hydrogen-bond donors (Lipinski definition) is 1. The molecule has 1 N–H and O–H groups in total. The van der Waals surface area contributed by atoms with Gasteiger partial charge in [0.05, 0.1) is 42.9 Å². The van der Waals surface area contributed by atoms with E-state index in [0.717, 1.165) is 16.8 Å². The Balaban J connectivity index is 1.89. The monoisotopic (exact) mass is 282 g/mol. The summed E-state index contributed by atoms with van der Waals surface area (Å²) >= 11 is 0. The van der Waals surface area contributed by atoms with Crippen LogP contribution < -0.4 is 5.32 Å². The van der Waals surface area contributed by atoms with Crippen molar-refractivity contribution in [3.8, 4) is 6.07 Å². The lowest BCUT2D eigenvalue weighted by Gasteiger charge is -2.12. The van der Waals surface area contributed by atoms with Crippen molar-refractivity contribution in [2.75, 3.05) is 5.32 Å². The van der Waals surface area contributed by atoms with E-state index in [9.17, 15) is 0 Å². The first-order valence-electron chi connectivity index (χ1n) is 6.63. The van der Waals surface area contributed by atoms with Crippen LogP contribution in [0, 0.1) is 11.3 Å². The summed E-state index contributed by atoms with van der Waals surface area (Å²) in [4.78, 5) is 8.51. The highest BCUT2D eigenvalue weighted by Crippen LogP contribution is 2.24. The Kier molecular flexibility index (Phi) is 3.51. The lowest BCUT2D eigenvalue weighted by atomic mass is 10.2. The lowest BCUT2D eigenvalue weighted by Crippen LogP contribution is -2.08. The quantitative estimate of drug-likeness (QED) is 0.773. The maximum atomic E-state index is 8.67. The van der Waals surface area contributed by atoms with Crippen LogP contribution >= 0.6 is 0 Å². The molecule has 0 aromatic carbocycles. The van der Waals surface area contributed by atoms with Crippen LogP contribution in [0.2, 0.25) is 0 Å². The van der Waals surface area contributed by atoms with Gasteiger partial charge in [0.15, 0.2) is 5.65 Å². The number of aromatic nitrogens is 4. The van der Waals surface area contributed by atoms with Crippen LogP contribution in [0.3, 0.4) is 0 Å². The first-order chi connectivity index (χ1) is 10.3. The van der Waals surface area contributed by atoms with Crippen LogP contribution in [-0.2, 0) is 6.54 Å². The highest BCUT2D eigenvalue weighted by atomic mass is 16.3. The summed E-state index contributed by atoms with van der Waals surface area (Å²) in [5.74, 6) is 1.53. The first kappa shape index (κ1) is 13.1. The molecule has 7 heteroatoms. The molecule has 1 unspecified atom stereocenters. The Hall–Kier alpha value is -2.88. The first-order valence-corrected chi connectivity index (χ1v) is 6.63. The topological polar surface area (TPSA) is 92.6 Å². The molecular weight excluding hydrogens is 268 g/mol. The van der Waals surface area contributed by atoms with Crippen molar-refractivity contribution in [2.45, 2.75) is 25.9 Å². The molecule has 7 nitrogen and oxygen atoms in total. The van der Waals surface area contributed by atoms with Gasteiger partial charge in [0.1, 0.15) is 17.9 Å². The zero-order valence-corrected chi connectivity index (χ0v) is 11.5. The van der Waals surface area contributed by atoms with Crippen molar-refractivity contribution in [1.29, 1.82) is 5.26 Å². The molecule has 3 rings (SSSR count). The number of anilines is 1. The van der Waals surface area contributed by atoms with Gasteiger partial charge in [-0.25, -0.2) is 14.6 Å². The highest BCUT2D eigenvalue weighted by molar-refractivity contribution is 5.86. The van der Waals surface area contributed by atoms with Crippen LogP contribution in [0.1, 0.15) is 25.1 Å². The summed E-state index contributed by atoms with van der Waals surface area (Å²) in [5, 5.41) is 17.1. The summed E-state index contributed by atoms with van der Waals surface area (Å²) in [7, 11) is 0. The zero-order chi connectivity index (χ0) is 14.7. The second kappa shape index (κ2) is 5.63. The molecule has 0 bridgehead atoms. The second-order valence-corrected chi connectivity index (χ2v) is 4.62. The summed E-state index contributed by atoms with van der Waals surface area (Å²) in [6.07, 6.45) is 5.24. The van der Waals surface area contributed by atoms with E-state index in [-0.39, 0.29) is 6.04 Å². The maximum absolute atomic E-state index is 8.67. The fraction of sp³-hybridized carbons (Fsp3) is 0.286. The van der Waals surface area contributed by atoms with Gasteiger partial charge in [-0.2, -0.15) is 10.4 Å². The van der Waals surface area contributed by atoms with Gasteiger partial charge in [0.2, 0.25) is 0 Å². The number of aryl methyl sites for hydroxylation is 1. The molecule has 0 saturated carbocycles. The standard InChI is InChI=1S/C14H14N6O/c1-10(12-4-2-7-21-12)19-13-11-8-18-20(6-3-5-15)14(11)17-9-16-13/h2,4,7-10H,3,6H2,1H3,(H,16,17,19). The molecule has 0 fully saturated rings. The molecule has 0 radical (unpaired) electrons. The number of nitrogens with one attached hydrogen (secondary N) is 1. The van der Waals surface area contributed by atoms with E-state index >= 15 is 0 Å². The summed E-state index contributed by atoms with van der Waals surface area (Å²) in [6, 6.07) is 5.85. The van der Waals surface area contributed by atoms with E-state index < -0.39 is 0 Å². The molecule has 0 aliphatic heterocycles. The molecule has 0 saturated heterocycles. The van der Waals surface area contributed by atoms with Gasteiger partial charge < -0.3 is 9.73 Å². The van der Waals surface area contributed by atoms with E-state index in [1.807, 2.05) is 19.1 Å². The van der Waals surface area contributed by atoms with Crippen molar-refractivity contribution in [3.63, 3.8) is 0 Å². The van der Waals surface area contributed by atoms with Crippen molar-refractivity contribution in [3.05, 3.63) is 36.7 Å². The minimum atomic E-state index is -0.0134. The van der Waals surface area contributed by atoms with Crippen molar-refractivity contribution < 1.29 is 4.42 Å². The SMILES string of the molecule is CC(Nc1ncnc2c1cnn2CCC#N)c1ccco1. The van der Waals surface area contributed by atoms with Gasteiger partial charge >= 0.3 is 0 Å². The lowest BCUT2D eigenvalue weighted by molar-refractivity contribution is 0.490. The molecule has 3 aromatic rings. The van der Waals surface area contributed by atoms with Crippen LogP contribution in [0.15, 0.2) is 35.3 Å². The molecule has 0 aliphatic carbocycles. The molecule has 1 atom stereocenters. The normalized spacial score (nSPS) is 12.2. The summed E-state index contributed by atoms with van der Waals surface area (Å²) < 4.78 is 7.09. The van der Waals surface area contributed by atoms with Gasteiger partial charge in [0, 0.05) is 0 Å². The molecule has 3 aromatic heterocycles. The number of hydrogen-bond acceptors (Lipinski definition) is 6. The van der Waals surface area contributed by atoms with Crippen LogP contribution in [0.5, 0.6) is 0 Å². The smallest absolute Gasteiger partial charge is 0.163 e. The Morgan fingerprint density at radius 1 is 1.48 bits per heavy atom. The molecule has 0 amide bonds. The van der Waals surface area contributed by atoms with Gasteiger partial charge in [-0.3, -0.25) is 0 Å². The minimum Gasteiger partial charge on any atom is -0.467 e. The van der Waals surface area contributed by atoms with E-state index in [1.165, 1.54) is 6.33 Å². The number of rotatable bonds is 5. The van der Waals surface area contributed by atoms with Gasteiger partial charge in [0.25, 0.3) is 0 Å². The molecule has 21 heavy (non-hydrogen) atoms. The van der Waals surface area contributed by atoms with E-state index in [4.69, 9.17) is 9.68 Å². The number of fused-ring (bicyclic) bond motifs is 1. The number of nitriles is 1. The fourth-order valence-electron chi connectivity index (χ4n) is 2.14. The third-order valence-electron chi connectivity index (χ3n) is 3.19. The average molecular weight is 282 g/mol. The van der Waals surface area contributed by atoms with Gasteiger partial charge in [-0.1, -0.05) is 0 Å². The largest absolute Gasteiger partial charge is 0.467 e. The van der Waals surface area contributed by atoms with Crippen LogP contribution in [0.25, 0.3) is 11.0 Å². The van der Waals surface area contributed by atoms with E-state index in [0.29, 0.717) is 18.8 Å². The minimum absolute atomic E-state index is 0.0134. The van der Waals surface area contributed by atoms with Crippen LogP contribution in [-0.4, -0.2) is 19.7 Å². The Morgan fingerprint density at radius 2 is 2.38 bits per heavy atom. The maximum Gasteiger partial charge on any atom is 0.163 e. The third kappa shape index (κ3) is 2.56. The van der Waals surface area contributed by atoms with E-state index in [1.54, 1.807) is 17.1 Å². The van der Waals surface area contributed by atoms with Crippen LogP contribution in [0.4, 0.5) is 5.82 Å². The molecular formula is C14H14N6O. The predicted molar refractivity (Wildman–Crippen MR) is 76.3 cm³/mol. The number of furan rings is 1. The predicted octanol–water partition coefficient (Wildman–Crippen LogP) is 2.51. The Morgan fingerprint density at radius 3 is 3.14 bits per heavy atom. The van der Waals surface area contributed by atoms with Crippen molar-refractivity contribution >= 4 is 16.9 Å². The van der Waals surface area contributed by atoms with Crippen molar-refractivity contribution in [1.82, 2.24) is 19.7 Å². The highest BCUT2D eigenvalue weighted by Gasteiger charge is 2.13. The average Bonchev–Trinajstić information content (AvgIpc) is 3.15. The number of nitrogens with zero attached hydrogens (tertiary/aromatic N) is 5. The fourth-order valence-corrected chi connectivity index (χ4v) is 2.14. The Bertz CT molecular complexity index is 770. The summed E-state index contributed by atoms with van der Waals surface area (Å²) in [5.41, 5.74) is 0.717.